The van der Waals surface area contributed by atoms with Crippen LogP contribution in [0.5, 0.6) is 0 Å². The molecule has 6 heteroatoms. The molecule has 0 unspecified atom stereocenters. The first-order valence-corrected chi connectivity index (χ1v) is 5.43. The van der Waals surface area contributed by atoms with Crippen LogP contribution in [0.3, 0.4) is 0 Å². The second-order valence-electron chi connectivity index (χ2n) is 3.20. The van der Waals surface area contributed by atoms with Crippen LogP contribution in [-0.4, -0.2) is 4.98 Å². The Labute approximate surface area is 99.7 Å². The summed E-state index contributed by atoms with van der Waals surface area (Å²) in [4.78, 5) is 4.03. The normalized spacial score (nSPS) is 10.5. The average Bonchev–Trinajstić information content (AvgIpc) is 2.26. The second-order valence-corrected chi connectivity index (χ2v) is 4.26. The van der Waals surface area contributed by atoms with Crippen molar-refractivity contribution in [1.82, 2.24) is 4.98 Å². The zero-order valence-corrected chi connectivity index (χ0v) is 9.27. The van der Waals surface area contributed by atoms with Crippen molar-refractivity contribution in [2.75, 3.05) is 5.73 Å². The summed E-state index contributed by atoms with van der Waals surface area (Å²) in [6, 6.07) is 6.24. The monoisotopic (exact) mass is 256 g/mol. The summed E-state index contributed by atoms with van der Waals surface area (Å²) in [6.07, 6.45) is 0. The highest BCUT2D eigenvalue weighted by Crippen LogP contribution is 2.29. The Balaban J connectivity index is 2.33. The Bertz CT molecular complexity index is 560. The Morgan fingerprint density at radius 1 is 1.06 bits per heavy atom. The summed E-state index contributed by atoms with van der Waals surface area (Å²) in [5, 5.41) is -0.0884. The predicted molar refractivity (Wildman–Crippen MR) is 59.1 cm³/mol. The number of nitrogens with two attached hydrogens (primary N) is 1. The minimum atomic E-state index is -0.911. The van der Waals surface area contributed by atoms with E-state index in [0.717, 1.165) is 11.8 Å². The first-order valence-electron chi connectivity index (χ1n) is 4.61. The summed E-state index contributed by atoms with van der Waals surface area (Å²) in [5.41, 5.74) is 5.23. The smallest absolute Gasteiger partial charge is 0.168 e. The molecule has 0 aliphatic rings. The summed E-state index contributed by atoms with van der Waals surface area (Å²) in [7, 11) is 0. The lowest BCUT2D eigenvalue weighted by Gasteiger charge is -2.04. The number of hydrogen-bond acceptors (Lipinski definition) is 3. The molecule has 0 bridgehead atoms. The van der Waals surface area contributed by atoms with E-state index in [2.05, 4.69) is 4.98 Å². The topological polar surface area (TPSA) is 38.9 Å². The molecule has 0 saturated carbocycles. The molecule has 2 aromatic rings. The van der Waals surface area contributed by atoms with Gasteiger partial charge in [0, 0.05) is 11.0 Å². The maximum Gasteiger partial charge on any atom is 0.168 e. The number of halogens is 3. The maximum absolute atomic E-state index is 13.3. The fraction of sp³-hybridized carbons (Fsp3) is 0. The van der Waals surface area contributed by atoms with Gasteiger partial charge in [0.05, 0.1) is 0 Å². The van der Waals surface area contributed by atoms with Crippen molar-refractivity contribution < 1.29 is 13.2 Å². The number of rotatable bonds is 2. The number of nitrogen functional groups attached to an aromatic ring is 1. The van der Waals surface area contributed by atoms with Gasteiger partial charge in [0.1, 0.15) is 10.8 Å². The minimum Gasteiger partial charge on any atom is -0.381 e. The molecule has 88 valence electrons. The van der Waals surface area contributed by atoms with Gasteiger partial charge < -0.3 is 5.73 Å². The number of hydrogen-bond donors (Lipinski definition) is 1. The Hall–Kier alpha value is -1.69. The van der Waals surface area contributed by atoms with E-state index in [1.165, 1.54) is 18.2 Å². The highest BCUT2D eigenvalue weighted by atomic mass is 32.2. The van der Waals surface area contributed by atoms with Crippen LogP contribution in [0, 0.1) is 17.5 Å². The maximum atomic E-state index is 13.3. The van der Waals surface area contributed by atoms with E-state index < -0.39 is 17.5 Å². The van der Waals surface area contributed by atoms with Crippen molar-refractivity contribution in [2.24, 2.45) is 0 Å². The molecule has 0 amide bonds. The summed E-state index contributed by atoms with van der Waals surface area (Å²) < 4.78 is 39.1. The van der Waals surface area contributed by atoms with Crippen molar-refractivity contribution in [3.63, 3.8) is 0 Å². The Kier molecular flexibility index (Phi) is 3.23. The average molecular weight is 256 g/mol. The summed E-state index contributed by atoms with van der Waals surface area (Å²) in [5.74, 6) is -2.56. The third-order valence-corrected chi connectivity index (χ3v) is 2.90. The molecule has 2 N–H and O–H groups in total. The molecule has 1 heterocycles. The number of pyridine rings is 1. The van der Waals surface area contributed by atoms with Crippen LogP contribution < -0.4 is 5.73 Å². The lowest BCUT2D eigenvalue weighted by Crippen LogP contribution is -1.98. The zero-order chi connectivity index (χ0) is 12.4. The van der Waals surface area contributed by atoms with E-state index in [1.807, 2.05) is 0 Å². The van der Waals surface area contributed by atoms with Gasteiger partial charge in [-0.1, -0.05) is 17.8 Å². The molecule has 2 rings (SSSR count). The molecule has 1 aromatic heterocycles. The van der Waals surface area contributed by atoms with Crippen LogP contribution in [0.25, 0.3) is 0 Å². The summed E-state index contributed by atoms with van der Waals surface area (Å²) >= 11 is 0.878. The third-order valence-electron chi connectivity index (χ3n) is 1.94. The fourth-order valence-corrected chi connectivity index (χ4v) is 2.02. The van der Waals surface area contributed by atoms with Gasteiger partial charge >= 0.3 is 0 Å². The largest absolute Gasteiger partial charge is 0.381 e. The van der Waals surface area contributed by atoms with Crippen molar-refractivity contribution in [1.29, 1.82) is 0 Å². The summed E-state index contributed by atoms with van der Waals surface area (Å²) in [6.45, 7) is 0. The molecular weight excluding hydrogens is 249 g/mol. The van der Waals surface area contributed by atoms with Gasteiger partial charge in [-0.05, 0) is 18.2 Å². The van der Waals surface area contributed by atoms with E-state index in [-0.39, 0.29) is 10.8 Å². The van der Waals surface area contributed by atoms with E-state index in [0.29, 0.717) is 11.0 Å². The van der Waals surface area contributed by atoms with E-state index in [1.54, 1.807) is 6.07 Å². The Morgan fingerprint density at radius 2 is 1.82 bits per heavy atom. The number of benzene rings is 1. The van der Waals surface area contributed by atoms with E-state index in [9.17, 15) is 13.2 Å². The lowest BCUT2D eigenvalue weighted by molar-refractivity contribution is 0.552. The predicted octanol–water partition coefficient (Wildman–Crippen LogP) is 3.23. The van der Waals surface area contributed by atoms with E-state index in [4.69, 9.17) is 5.73 Å². The zero-order valence-electron chi connectivity index (χ0n) is 8.45. The molecule has 0 saturated heterocycles. The van der Waals surface area contributed by atoms with Gasteiger partial charge in [-0.25, -0.2) is 18.2 Å². The van der Waals surface area contributed by atoms with E-state index >= 15 is 0 Å². The van der Waals surface area contributed by atoms with Crippen molar-refractivity contribution in [3.8, 4) is 0 Å². The highest BCUT2D eigenvalue weighted by molar-refractivity contribution is 7.99. The molecule has 0 radical (unpaired) electrons. The first kappa shape index (κ1) is 11.8. The molecule has 0 fully saturated rings. The molecule has 0 aliphatic carbocycles. The van der Waals surface area contributed by atoms with Crippen LogP contribution in [0.15, 0.2) is 40.3 Å². The van der Waals surface area contributed by atoms with Gasteiger partial charge in [0.2, 0.25) is 0 Å². The van der Waals surface area contributed by atoms with Gasteiger partial charge in [0.25, 0.3) is 0 Å². The third kappa shape index (κ3) is 2.71. The van der Waals surface area contributed by atoms with Crippen LogP contribution in [0.1, 0.15) is 0 Å². The van der Waals surface area contributed by atoms with Crippen LogP contribution in [0.4, 0.5) is 19.0 Å². The van der Waals surface area contributed by atoms with Crippen LogP contribution in [0.2, 0.25) is 0 Å². The second kappa shape index (κ2) is 4.67. The first-order chi connectivity index (χ1) is 8.06. The van der Waals surface area contributed by atoms with Gasteiger partial charge in [-0.2, -0.15) is 0 Å². The number of nitrogens with zero attached hydrogens (tertiary/aromatic N) is 1. The van der Waals surface area contributed by atoms with Gasteiger partial charge in [-0.15, -0.1) is 0 Å². The molecule has 0 atom stereocenters. The Morgan fingerprint density at radius 3 is 2.53 bits per heavy atom. The van der Waals surface area contributed by atoms with Crippen molar-refractivity contribution >= 4 is 17.6 Å². The van der Waals surface area contributed by atoms with Gasteiger partial charge in [0.15, 0.2) is 17.5 Å². The van der Waals surface area contributed by atoms with Crippen LogP contribution >= 0.6 is 11.8 Å². The quantitative estimate of drug-likeness (QED) is 0.896. The molecule has 2 nitrogen and oxygen atoms in total. The molecule has 0 spiro atoms. The highest BCUT2D eigenvalue weighted by Gasteiger charge is 2.11. The molecule has 0 aliphatic heterocycles. The van der Waals surface area contributed by atoms with Crippen LogP contribution in [-0.2, 0) is 0 Å². The standard InChI is InChI=1S/C11H7F3N2S/c12-6-2-1-3-7(4-6)17-11-9(14)5-8(13)10(15)16-11/h1-5H,(H2,15,16). The van der Waals surface area contributed by atoms with Crippen molar-refractivity contribution in [3.05, 3.63) is 47.8 Å². The lowest BCUT2D eigenvalue weighted by atomic mass is 10.4. The SMILES string of the molecule is Nc1nc(Sc2cccc(F)c2)c(F)cc1F. The molecule has 1 aromatic carbocycles. The molecule has 17 heavy (non-hydrogen) atoms. The van der Waals surface area contributed by atoms with Gasteiger partial charge in [-0.3, -0.25) is 0 Å². The fourth-order valence-electron chi connectivity index (χ4n) is 1.18. The minimum absolute atomic E-state index is 0.0884. The number of anilines is 1. The molecular formula is C11H7F3N2S. The van der Waals surface area contributed by atoms with Crippen molar-refractivity contribution in [2.45, 2.75) is 9.92 Å². The number of aromatic nitrogens is 1.